The highest BCUT2D eigenvalue weighted by molar-refractivity contribution is 5.94. The monoisotopic (exact) mass is 1000 g/mol. The Morgan fingerprint density at radius 2 is 1.78 bits per heavy atom. The van der Waals surface area contributed by atoms with Gasteiger partial charge in [0.05, 0.1) is 36.5 Å². The average Bonchev–Trinajstić information content (AvgIpc) is 4.20. The summed E-state index contributed by atoms with van der Waals surface area (Å²) in [5.41, 5.74) is 8.56. The number of aromatic nitrogens is 3. The van der Waals surface area contributed by atoms with E-state index in [0.29, 0.717) is 50.2 Å². The molecule has 7 N–H and O–H groups in total. The third kappa shape index (κ3) is 9.50. The number of aromatic hydroxyl groups is 2. The van der Waals surface area contributed by atoms with Gasteiger partial charge in [-0.15, -0.1) is 0 Å². The van der Waals surface area contributed by atoms with Crippen molar-refractivity contribution < 1.29 is 49.3 Å². The number of esters is 1. The van der Waals surface area contributed by atoms with Crippen molar-refractivity contribution in [1.29, 1.82) is 0 Å². The van der Waals surface area contributed by atoms with E-state index in [2.05, 4.69) is 62.9 Å². The maximum Gasteiger partial charge on any atom is 0.318 e. The molecule has 10 unspecified atom stereocenters. The number of allylic oxidation sites excluding steroid dienone is 1. The number of Topliss-reactive ketones (excluding diaryl/α,β-unsaturated/α-hetero) is 1. The van der Waals surface area contributed by atoms with Crippen LogP contribution in [0.1, 0.15) is 123 Å². The number of phenolic OH excluding ortho intramolecular Hbond substituents is 2. The van der Waals surface area contributed by atoms with Crippen molar-refractivity contribution in [2.45, 2.75) is 120 Å². The summed E-state index contributed by atoms with van der Waals surface area (Å²) in [6.07, 6.45) is 14.3. The van der Waals surface area contributed by atoms with Crippen molar-refractivity contribution in [2.75, 3.05) is 26.9 Å². The van der Waals surface area contributed by atoms with Gasteiger partial charge in [0.2, 0.25) is 0 Å². The molecule has 3 aromatic heterocycles. The van der Waals surface area contributed by atoms with Crippen LogP contribution in [0.2, 0.25) is 0 Å². The van der Waals surface area contributed by atoms with Crippen LogP contribution in [0, 0.1) is 46.8 Å². The van der Waals surface area contributed by atoms with E-state index in [9.17, 15) is 30.3 Å². The summed E-state index contributed by atoms with van der Waals surface area (Å²) >= 11 is 0. The number of carbonyl (C=O) groups excluding carboxylic acids is 2. The number of benzene rings is 3. The summed E-state index contributed by atoms with van der Waals surface area (Å²) in [5, 5.41) is 54.6. The minimum absolute atomic E-state index is 0.00355. The van der Waals surface area contributed by atoms with Crippen LogP contribution in [-0.4, -0.2) is 91.0 Å². The number of nitrogens with zero attached hydrogens (tertiary/aromatic N) is 1. The average molecular weight is 1000 g/mol. The van der Waals surface area contributed by atoms with Crippen LogP contribution < -0.4 is 9.47 Å². The Kier molecular flexibility index (Phi) is 14.1. The van der Waals surface area contributed by atoms with Gasteiger partial charge < -0.3 is 54.3 Å². The molecule has 3 saturated carbocycles. The molecule has 74 heavy (non-hydrogen) atoms. The molecule has 2 bridgehead atoms. The molecule has 3 fully saturated rings. The quantitative estimate of drug-likeness (QED) is 0.0458. The lowest BCUT2D eigenvalue weighted by atomic mass is 9.47. The summed E-state index contributed by atoms with van der Waals surface area (Å²) < 4.78 is 20.1. The Labute approximate surface area is 431 Å². The molecule has 11 rings (SSSR count). The highest BCUT2D eigenvalue weighted by atomic mass is 16.5. The van der Waals surface area contributed by atoms with Crippen LogP contribution in [0.25, 0.3) is 27.5 Å². The standard InChI is InChI=1S/C61H69N3O10/c1-72-56-33-46-45(32-55(56)70)48-28-38-35-61(21-18-37(34-61)52(10-6-24-65)64-23-20-51-53(64)19-22-62-51)49-31-39(67)14-16-44(49)59(38)47(46)30-40(68)29-41(15-12-36-13-17-54(69)57(27-36)73-26-25-66)74-58(71)11-5-3-8-43-42-7-2-4-9-50(42)63-60(43)48/h2,4,7,9,13,17,19-20,22-23,27-28,32-33,37-39,41,44,47,49,52,59,62-63,65-67,69-70H,6,8,10-12,14-16,18,21,24-26,29-31,34-35H2,1H3. The van der Waals surface area contributed by atoms with Gasteiger partial charge in [0.1, 0.15) is 24.9 Å². The van der Waals surface area contributed by atoms with Crippen molar-refractivity contribution in [2.24, 2.45) is 35.0 Å². The first-order valence-electron chi connectivity index (χ1n) is 26.9. The number of fused-ring (bicyclic) bond motifs is 10. The van der Waals surface area contributed by atoms with Gasteiger partial charge in [-0.25, -0.2) is 0 Å². The summed E-state index contributed by atoms with van der Waals surface area (Å²) in [6, 6.07) is 21.5. The molecule has 4 heterocycles. The van der Waals surface area contributed by atoms with E-state index in [1.165, 1.54) is 11.6 Å². The number of carbonyl (C=O) groups is 2. The molecule has 1 spiro atoms. The van der Waals surface area contributed by atoms with Crippen molar-refractivity contribution in [3.8, 4) is 34.8 Å². The van der Waals surface area contributed by atoms with Crippen molar-refractivity contribution >= 4 is 39.3 Å². The number of hydrogen-bond donors (Lipinski definition) is 7. The van der Waals surface area contributed by atoms with Gasteiger partial charge in [0.25, 0.3) is 0 Å². The first-order chi connectivity index (χ1) is 36.0. The summed E-state index contributed by atoms with van der Waals surface area (Å²) in [7, 11) is 1.56. The molecule has 13 heteroatoms. The smallest absolute Gasteiger partial charge is 0.318 e. The summed E-state index contributed by atoms with van der Waals surface area (Å²) in [5.74, 6) is 6.79. The van der Waals surface area contributed by atoms with Gasteiger partial charge in [0, 0.05) is 60.8 Å². The van der Waals surface area contributed by atoms with Crippen LogP contribution >= 0.6 is 0 Å². The zero-order valence-electron chi connectivity index (χ0n) is 42.2. The van der Waals surface area contributed by atoms with E-state index in [-0.39, 0.29) is 103 Å². The van der Waals surface area contributed by atoms with Gasteiger partial charge in [-0.2, -0.15) is 0 Å². The highest BCUT2D eigenvalue weighted by Crippen LogP contribution is 2.67. The minimum Gasteiger partial charge on any atom is -0.504 e. The summed E-state index contributed by atoms with van der Waals surface area (Å²) in [4.78, 5) is 36.1. The molecule has 1 aliphatic heterocycles. The van der Waals surface area contributed by atoms with Gasteiger partial charge >= 0.3 is 5.97 Å². The number of rotatable bonds is 12. The fraction of sp³-hybridized carbons (Fsp3) is 0.475. The maximum atomic E-state index is 15.2. The zero-order valence-corrected chi connectivity index (χ0v) is 42.2. The number of aliphatic hydroxyl groups excluding tert-OH is 3. The molecule has 4 aliphatic carbocycles. The molecule has 388 valence electrons. The topological polar surface area (TPSA) is 199 Å². The Bertz CT molecular complexity index is 3130. The zero-order chi connectivity index (χ0) is 51.1. The van der Waals surface area contributed by atoms with Crippen molar-refractivity contribution in [3.63, 3.8) is 0 Å². The Morgan fingerprint density at radius 1 is 0.919 bits per heavy atom. The van der Waals surface area contributed by atoms with Crippen LogP contribution in [0.4, 0.5) is 0 Å². The third-order valence-corrected chi connectivity index (χ3v) is 17.9. The second-order valence-electron chi connectivity index (χ2n) is 22.0. The van der Waals surface area contributed by atoms with Gasteiger partial charge in [-0.1, -0.05) is 42.2 Å². The van der Waals surface area contributed by atoms with Crippen molar-refractivity contribution in [3.05, 3.63) is 113 Å². The molecule has 13 nitrogen and oxygen atoms in total. The molecule has 6 aromatic rings. The molecular weight excluding hydrogens is 935 g/mol. The van der Waals surface area contributed by atoms with Crippen LogP contribution in [0.3, 0.4) is 0 Å². The first-order valence-corrected chi connectivity index (χ1v) is 26.9. The third-order valence-electron chi connectivity index (χ3n) is 17.9. The van der Waals surface area contributed by atoms with Gasteiger partial charge in [-0.3, -0.25) is 9.59 Å². The lowest BCUT2D eigenvalue weighted by molar-refractivity contribution is -0.149. The normalized spacial score (nSPS) is 27.3. The lowest BCUT2D eigenvalue weighted by Gasteiger charge is -2.57. The predicted octanol–water partition coefficient (Wildman–Crippen LogP) is 9.83. The van der Waals surface area contributed by atoms with E-state index in [0.717, 1.165) is 88.5 Å². The number of methoxy groups -OCH3 is 1. The number of hydrogen-bond acceptors (Lipinski definition) is 10. The van der Waals surface area contributed by atoms with E-state index in [1.54, 1.807) is 19.2 Å². The lowest BCUT2D eigenvalue weighted by Crippen LogP contribution is -2.51. The predicted molar refractivity (Wildman–Crippen MR) is 282 cm³/mol. The van der Waals surface area contributed by atoms with Gasteiger partial charge in [-0.05, 0) is 176 Å². The first kappa shape index (κ1) is 49.7. The number of H-pyrrole nitrogens is 2. The molecule has 3 aromatic carbocycles. The second-order valence-corrected chi connectivity index (χ2v) is 22.0. The second kappa shape index (κ2) is 21.0. The molecule has 0 amide bonds. The van der Waals surface area contributed by atoms with Crippen LogP contribution in [0.15, 0.2) is 85.2 Å². The van der Waals surface area contributed by atoms with Crippen LogP contribution in [-0.2, 0) is 27.2 Å². The van der Waals surface area contributed by atoms with E-state index in [1.807, 2.05) is 30.5 Å². The number of phenols is 2. The minimum atomic E-state index is -0.765. The molecule has 0 radical (unpaired) electrons. The number of aliphatic hydroxyl groups is 3. The Balaban J connectivity index is 1.04. The summed E-state index contributed by atoms with van der Waals surface area (Å²) in [6.45, 7) is -0.0606. The SMILES string of the molecule is COc1cc2c(cc1O)C1=CC3CC4(CCC(C(CCCO)n5ccc6[nH]ccc65)C4)C4CC(O)CCC4C3C2CC(=O)CC(CCc2ccc(O)c(OCCO)c2)OC(=O)CC#CCc2c1[nH]c1ccccc21. The number of aryl methyl sites for hydroxylation is 1. The fourth-order valence-corrected chi connectivity index (χ4v) is 14.9. The molecular formula is C61H69N3O10. The number of ether oxygens (including phenoxy) is 3. The van der Waals surface area contributed by atoms with E-state index >= 15 is 4.79 Å². The number of aromatic amines is 2. The van der Waals surface area contributed by atoms with Crippen molar-refractivity contribution in [1.82, 2.24) is 14.5 Å². The Morgan fingerprint density at radius 3 is 2.64 bits per heavy atom. The fourth-order valence-electron chi connectivity index (χ4n) is 14.9. The highest BCUT2D eigenvalue weighted by Gasteiger charge is 2.59. The van der Waals surface area contributed by atoms with Gasteiger partial charge in [0.15, 0.2) is 23.0 Å². The number of nitrogens with one attached hydrogen (secondary N) is 2. The number of para-hydroxylation sites is 1. The largest absolute Gasteiger partial charge is 0.504 e. The van der Waals surface area contributed by atoms with E-state index < -0.39 is 18.2 Å². The number of ketones is 1. The molecule has 5 aliphatic rings. The van der Waals surface area contributed by atoms with Crippen LogP contribution in [0.5, 0.6) is 23.0 Å². The number of cyclic esters (lactones) is 1. The van der Waals surface area contributed by atoms with E-state index in [4.69, 9.17) is 14.2 Å². The Hall–Kier alpha value is -6.46. The molecule has 0 saturated heterocycles. The molecule has 10 atom stereocenters. The maximum absolute atomic E-state index is 15.2.